The maximum Gasteiger partial charge on any atom is 0.0770 e. The summed E-state index contributed by atoms with van der Waals surface area (Å²) >= 11 is 0. The van der Waals surface area contributed by atoms with Crippen LogP contribution >= 0.6 is 0 Å². The lowest BCUT2D eigenvalue weighted by Crippen LogP contribution is -2.30. The van der Waals surface area contributed by atoms with Crippen molar-refractivity contribution in [1.82, 2.24) is 10.3 Å². The zero-order chi connectivity index (χ0) is 12.7. The number of nitrogens with one attached hydrogen (secondary N) is 1. The van der Waals surface area contributed by atoms with E-state index in [0.717, 1.165) is 31.0 Å². The Morgan fingerprint density at radius 3 is 2.88 bits per heavy atom. The van der Waals surface area contributed by atoms with Gasteiger partial charge in [-0.3, -0.25) is 4.98 Å². The topological polar surface area (TPSA) is 60.2 Å². The van der Waals surface area contributed by atoms with Gasteiger partial charge in [0.25, 0.3) is 0 Å². The van der Waals surface area contributed by atoms with Crippen molar-refractivity contribution in [3.05, 3.63) is 24.0 Å². The molecule has 3 N–H and O–H groups in total. The Morgan fingerprint density at radius 2 is 2.24 bits per heavy atom. The van der Waals surface area contributed by atoms with Gasteiger partial charge in [-0.05, 0) is 24.0 Å². The molecule has 0 aliphatic carbocycles. The Labute approximate surface area is 104 Å². The first-order chi connectivity index (χ1) is 8.05. The molecule has 0 bridgehead atoms. The van der Waals surface area contributed by atoms with Crippen LogP contribution in [0.3, 0.4) is 0 Å². The van der Waals surface area contributed by atoms with Gasteiger partial charge in [-0.25, -0.2) is 0 Å². The first-order valence-corrected chi connectivity index (χ1v) is 5.94. The van der Waals surface area contributed by atoms with E-state index in [9.17, 15) is 0 Å². The zero-order valence-electron chi connectivity index (χ0n) is 11.0. The van der Waals surface area contributed by atoms with Gasteiger partial charge in [0.15, 0.2) is 0 Å². The Morgan fingerprint density at radius 1 is 1.47 bits per heavy atom. The molecule has 0 unspecified atom stereocenters. The van der Waals surface area contributed by atoms with Gasteiger partial charge in [0.1, 0.15) is 0 Å². The molecular weight excluding hydrogens is 214 g/mol. The highest BCUT2D eigenvalue weighted by molar-refractivity contribution is 5.41. The lowest BCUT2D eigenvalue weighted by molar-refractivity contribution is 0.150. The number of ether oxygens (including phenoxy) is 1. The van der Waals surface area contributed by atoms with Crippen LogP contribution in [0.15, 0.2) is 18.3 Å². The molecule has 1 heterocycles. The minimum Gasteiger partial charge on any atom is -0.397 e. The van der Waals surface area contributed by atoms with Crippen molar-refractivity contribution in [2.75, 3.05) is 26.0 Å². The number of nitrogen functional groups attached to an aromatic ring is 1. The third-order valence-corrected chi connectivity index (χ3v) is 2.80. The van der Waals surface area contributed by atoms with Crippen LogP contribution in [0.2, 0.25) is 0 Å². The summed E-state index contributed by atoms with van der Waals surface area (Å²) in [5, 5.41) is 3.39. The summed E-state index contributed by atoms with van der Waals surface area (Å²) in [5.41, 5.74) is 7.71. The van der Waals surface area contributed by atoms with Crippen molar-refractivity contribution >= 4 is 5.69 Å². The molecular formula is C13H23N3O. The molecule has 1 aromatic heterocycles. The van der Waals surface area contributed by atoms with Crippen molar-refractivity contribution in [2.24, 2.45) is 5.41 Å². The Hall–Kier alpha value is -1.13. The van der Waals surface area contributed by atoms with Crippen LogP contribution in [-0.2, 0) is 11.3 Å². The van der Waals surface area contributed by atoms with E-state index in [2.05, 4.69) is 24.1 Å². The second-order valence-corrected chi connectivity index (χ2v) is 5.05. The molecule has 17 heavy (non-hydrogen) atoms. The molecule has 96 valence electrons. The van der Waals surface area contributed by atoms with Crippen LogP contribution in [0.1, 0.15) is 26.0 Å². The Balaban J connectivity index is 2.35. The van der Waals surface area contributed by atoms with Gasteiger partial charge >= 0.3 is 0 Å². The molecule has 1 rings (SSSR count). The number of nitrogens with two attached hydrogens (primary N) is 1. The fraction of sp³-hybridized carbons (Fsp3) is 0.615. The lowest BCUT2D eigenvalue weighted by atomic mass is 9.90. The lowest BCUT2D eigenvalue weighted by Gasteiger charge is -2.24. The number of rotatable bonds is 7. The molecule has 4 nitrogen and oxygen atoms in total. The number of anilines is 1. The fourth-order valence-electron chi connectivity index (χ4n) is 1.58. The predicted octanol–water partition coefficient (Wildman–Crippen LogP) is 1.82. The maximum atomic E-state index is 5.83. The van der Waals surface area contributed by atoms with Gasteiger partial charge in [0.05, 0.1) is 11.4 Å². The second-order valence-electron chi connectivity index (χ2n) is 5.05. The van der Waals surface area contributed by atoms with Gasteiger partial charge in [-0.2, -0.15) is 0 Å². The minimum atomic E-state index is 0.222. The van der Waals surface area contributed by atoms with E-state index >= 15 is 0 Å². The van der Waals surface area contributed by atoms with E-state index in [4.69, 9.17) is 10.5 Å². The molecule has 4 heteroatoms. The number of methoxy groups -OCH3 is 1. The molecule has 0 aliphatic heterocycles. The fourth-order valence-corrected chi connectivity index (χ4v) is 1.58. The summed E-state index contributed by atoms with van der Waals surface area (Å²) in [6, 6.07) is 3.72. The SMILES string of the molecule is COCCC(C)(C)CNCc1ncccc1N. The largest absolute Gasteiger partial charge is 0.397 e. The molecule has 0 aromatic carbocycles. The van der Waals surface area contributed by atoms with Gasteiger partial charge < -0.3 is 15.8 Å². The first kappa shape index (κ1) is 13.9. The number of aromatic nitrogens is 1. The summed E-state index contributed by atoms with van der Waals surface area (Å²) < 4.78 is 5.10. The summed E-state index contributed by atoms with van der Waals surface area (Å²) in [6.07, 6.45) is 2.80. The summed E-state index contributed by atoms with van der Waals surface area (Å²) in [4.78, 5) is 4.25. The maximum absolute atomic E-state index is 5.83. The molecule has 0 radical (unpaired) electrons. The van der Waals surface area contributed by atoms with Crippen LogP contribution in [-0.4, -0.2) is 25.2 Å². The first-order valence-electron chi connectivity index (χ1n) is 5.94. The second kappa shape index (κ2) is 6.57. The third kappa shape index (κ3) is 5.15. The van der Waals surface area contributed by atoms with E-state index in [-0.39, 0.29) is 5.41 Å². The standard InChI is InChI=1S/C13H23N3O/c1-13(2,6-8-17-3)10-15-9-12-11(14)5-4-7-16-12/h4-5,7,15H,6,8-10,14H2,1-3H3. The van der Waals surface area contributed by atoms with Gasteiger partial charge in [0.2, 0.25) is 0 Å². The van der Waals surface area contributed by atoms with Crippen molar-refractivity contribution in [3.63, 3.8) is 0 Å². The Bertz CT molecular complexity index is 339. The highest BCUT2D eigenvalue weighted by Crippen LogP contribution is 2.19. The molecule has 0 amide bonds. The third-order valence-electron chi connectivity index (χ3n) is 2.80. The van der Waals surface area contributed by atoms with Crippen molar-refractivity contribution in [2.45, 2.75) is 26.8 Å². The molecule has 0 saturated carbocycles. The van der Waals surface area contributed by atoms with E-state index in [1.807, 2.05) is 12.1 Å². The molecule has 0 saturated heterocycles. The van der Waals surface area contributed by atoms with Crippen LogP contribution in [0.4, 0.5) is 5.69 Å². The number of nitrogens with zero attached hydrogens (tertiary/aromatic N) is 1. The molecule has 0 atom stereocenters. The molecule has 0 spiro atoms. The van der Waals surface area contributed by atoms with E-state index in [1.54, 1.807) is 13.3 Å². The highest BCUT2D eigenvalue weighted by Gasteiger charge is 2.16. The summed E-state index contributed by atoms with van der Waals surface area (Å²) in [6.45, 7) is 6.87. The number of pyridine rings is 1. The average molecular weight is 237 g/mol. The quantitative estimate of drug-likeness (QED) is 0.759. The van der Waals surface area contributed by atoms with E-state index in [0.29, 0.717) is 6.54 Å². The number of hydrogen-bond donors (Lipinski definition) is 2. The average Bonchev–Trinajstić information content (AvgIpc) is 2.29. The molecule has 1 aromatic rings. The van der Waals surface area contributed by atoms with Gasteiger partial charge in [-0.15, -0.1) is 0 Å². The van der Waals surface area contributed by atoms with Crippen molar-refractivity contribution < 1.29 is 4.74 Å². The normalized spacial score (nSPS) is 11.7. The van der Waals surface area contributed by atoms with Gasteiger partial charge in [-0.1, -0.05) is 13.8 Å². The van der Waals surface area contributed by atoms with E-state index < -0.39 is 0 Å². The van der Waals surface area contributed by atoms with Crippen LogP contribution in [0.25, 0.3) is 0 Å². The number of hydrogen-bond acceptors (Lipinski definition) is 4. The summed E-state index contributed by atoms with van der Waals surface area (Å²) in [5.74, 6) is 0. The van der Waals surface area contributed by atoms with Crippen molar-refractivity contribution in [3.8, 4) is 0 Å². The van der Waals surface area contributed by atoms with Crippen LogP contribution < -0.4 is 11.1 Å². The van der Waals surface area contributed by atoms with Gasteiger partial charge in [0, 0.05) is 33.0 Å². The molecule has 0 aliphatic rings. The monoisotopic (exact) mass is 237 g/mol. The van der Waals surface area contributed by atoms with Crippen LogP contribution in [0.5, 0.6) is 0 Å². The summed E-state index contributed by atoms with van der Waals surface area (Å²) in [7, 11) is 1.73. The van der Waals surface area contributed by atoms with E-state index in [1.165, 1.54) is 0 Å². The molecule has 0 fully saturated rings. The Kier molecular flexibility index (Phi) is 5.38. The smallest absolute Gasteiger partial charge is 0.0770 e. The van der Waals surface area contributed by atoms with Crippen LogP contribution in [0, 0.1) is 5.41 Å². The predicted molar refractivity (Wildman–Crippen MR) is 70.6 cm³/mol. The van der Waals surface area contributed by atoms with Crippen molar-refractivity contribution in [1.29, 1.82) is 0 Å². The highest BCUT2D eigenvalue weighted by atomic mass is 16.5. The zero-order valence-corrected chi connectivity index (χ0v) is 11.0. The minimum absolute atomic E-state index is 0.222.